The summed E-state index contributed by atoms with van der Waals surface area (Å²) in [4.78, 5) is 7.40. The minimum absolute atomic E-state index is 0.218. The van der Waals surface area contributed by atoms with Gasteiger partial charge in [-0.15, -0.1) is 11.3 Å². The molecule has 0 radical (unpaired) electrons. The highest BCUT2D eigenvalue weighted by molar-refractivity contribution is 7.09. The van der Waals surface area contributed by atoms with Crippen LogP contribution in [0.2, 0.25) is 0 Å². The van der Waals surface area contributed by atoms with Gasteiger partial charge in [-0.1, -0.05) is 19.3 Å². The van der Waals surface area contributed by atoms with Gasteiger partial charge in [-0.05, 0) is 39.5 Å². The van der Waals surface area contributed by atoms with Crippen molar-refractivity contribution in [2.45, 2.75) is 71.0 Å². The third-order valence-electron chi connectivity index (χ3n) is 5.08. The Labute approximate surface area is 133 Å². The Morgan fingerprint density at radius 3 is 2.76 bits per heavy atom. The number of hydrogen-bond acceptors (Lipinski definition) is 4. The zero-order chi connectivity index (χ0) is 14.9. The molecule has 0 amide bonds. The SMILES string of the molecule is Cc1nc(CN2CC(C)(C)NCC2C2CCCCC2)cs1. The predicted octanol–water partition coefficient (Wildman–Crippen LogP) is 3.58. The highest BCUT2D eigenvalue weighted by Gasteiger charge is 2.37. The van der Waals surface area contributed by atoms with Crippen LogP contribution in [0.4, 0.5) is 0 Å². The van der Waals surface area contributed by atoms with Crippen molar-refractivity contribution in [1.82, 2.24) is 15.2 Å². The van der Waals surface area contributed by atoms with E-state index in [-0.39, 0.29) is 5.54 Å². The molecule has 1 aliphatic carbocycles. The molecule has 2 fully saturated rings. The van der Waals surface area contributed by atoms with Crippen LogP contribution in [0, 0.1) is 12.8 Å². The average molecular weight is 308 g/mol. The Morgan fingerprint density at radius 1 is 1.33 bits per heavy atom. The van der Waals surface area contributed by atoms with E-state index in [0.717, 1.165) is 25.6 Å². The predicted molar refractivity (Wildman–Crippen MR) is 89.7 cm³/mol. The molecule has 0 aromatic carbocycles. The lowest BCUT2D eigenvalue weighted by Crippen LogP contribution is -2.63. The Morgan fingerprint density at radius 2 is 2.10 bits per heavy atom. The smallest absolute Gasteiger partial charge is 0.0897 e. The van der Waals surface area contributed by atoms with Crippen molar-refractivity contribution in [2.24, 2.45) is 5.92 Å². The van der Waals surface area contributed by atoms with Gasteiger partial charge in [-0.2, -0.15) is 0 Å². The molecular formula is C17H29N3S. The molecule has 1 aromatic heterocycles. The van der Waals surface area contributed by atoms with Crippen molar-refractivity contribution in [3.8, 4) is 0 Å². The molecule has 1 saturated heterocycles. The lowest BCUT2D eigenvalue weighted by molar-refractivity contribution is 0.0411. The van der Waals surface area contributed by atoms with Crippen LogP contribution >= 0.6 is 11.3 Å². The monoisotopic (exact) mass is 307 g/mol. The van der Waals surface area contributed by atoms with Crippen LogP contribution < -0.4 is 5.32 Å². The van der Waals surface area contributed by atoms with Crippen molar-refractivity contribution in [3.63, 3.8) is 0 Å². The fourth-order valence-corrected chi connectivity index (χ4v) is 4.64. The number of rotatable bonds is 3. The highest BCUT2D eigenvalue weighted by atomic mass is 32.1. The summed E-state index contributed by atoms with van der Waals surface area (Å²) in [7, 11) is 0. The summed E-state index contributed by atoms with van der Waals surface area (Å²) in [6.07, 6.45) is 7.12. The number of thiazole rings is 1. The molecule has 0 spiro atoms. The molecule has 3 nitrogen and oxygen atoms in total. The van der Waals surface area contributed by atoms with Crippen molar-refractivity contribution < 1.29 is 0 Å². The maximum atomic E-state index is 4.69. The lowest BCUT2D eigenvalue weighted by Gasteiger charge is -2.48. The molecule has 0 bridgehead atoms. The molecular weight excluding hydrogens is 278 g/mol. The second-order valence-corrected chi connectivity index (χ2v) is 8.56. The summed E-state index contributed by atoms with van der Waals surface area (Å²) in [6, 6.07) is 0.695. The summed E-state index contributed by atoms with van der Waals surface area (Å²) < 4.78 is 0. The van der Waals surface area contributed by atoms with Crippen molar-refractivity contribution >= 4 is 11.3 Å². The van der Waals surface area contributed by atoms with Gasteiger partial charge >= 0.3 is 0 Å². The van der Waals surface area contributed by atoms with Crippen LogP contribution in [0.5, 0.6) is 0 Å². The zero-order valence-electron chi connectivity index (χ0n) is 13.7. The van der Waals surface area contributed by atoms with Gasteiger partial charge in [0.2, 0.25) is 0 Å². The van der Waals surface area contributed by atoms with E-state index in [1.54, 1.807) is 11.3 Å². The van der Waals surface area contributed by atoms with E-state index >= 15 is 0 Å². The van der Waals surface area contributed by atoms with Gasteiger partial charge in [0.25, 0.3) is 0 Å². The van der Waals surface area contributed by atoms with E-state index in [2.05, 4.69) is 41.4 Å². The first kappa shape index (κ1) is 15.4. The van der Waals surface area contributed by atoms with E-state index in [9.17, 15) is 0 Å². The molecule has 1 atom stereocenters. The standard InChI is InChI=1S/C17H29N3S/c1-13-19-15(11-21-13)10-20-12-17(2,3)18-9-16(20)14-7-5-4-6-8-14/h11,14,16,18H,4-10,12H2,1-3H3. The summed E-state index contributed by atoms with van der Waals surface area (Å²) in [5.41, 5.74) is 1.48. The lowest BCUT2D eigenvalue weighted by atomic mass is 9.81. The summed E-state index contributed by atoms with van der Waals surface area (Å²) >= 11 is 1.78. The molecule has 1 unspecified atom stereocenters. The Hall–Kier alpha value is -0.450. The quantitative estimate of drug-likeness (QED) is 0.925. The number of nitrogens with one attached hydrogen (secondary N) is 1. The molecule has 1 N–H and O–H groups in total. The fourth-order valence-electron chi connectivity index (χ4n) is 4.04. The normalized spacial score (nSPS) is 27.9. The molecule has 118 valence electrons. The second kappa shape index (κ2) is 6.35. The zero-order valence-corrected chi connectivity index (χ0v) is 14.5. The number of piperazine rings is 1. The minimum atomic E-state index is 0.218. The van der Waals surface area contributed by atoms with E-state index in [1.165, 1.54) is 42.8 Å². The maximum absolute atomic E-state index is 4.69. The van der Waals surface area contributed by atoms with Crippen LogP contribution in [-0.2, 0) is 6.54 Å². The largest absolute Gasteiger partial charge is 0.309 e. The first-order valence-electron chi connectivity index (χ1n) is 8.44. The summed E-state index contributed by atoms with van der Waals surface area (Å²) in [5.74, 6) is 0.877. The topological polar surface area (TPSA) is 28.2 Å². The number of aromatic nitrogens is 1. The third kappa shape index (κ3) is 3.85. The molecule has 3 rings (SSSR count). The highest BCUT2D eigenvalue weighted by Crippen LogP contribution is 2.32. The van der Waals surface area contributed by atoms with Crippen LogP contribution in [0.25, 0.3) is 0 Å². The molecule has 4 heteroatoms. The van der Waals surface area contributed by atoms with Crippen LogP contribution in [-0.4, -0.2) is 34.6 Å². The number of hydrogen-bond donors (Lipinski definition) is 1. The Balaban J connectivity index is 1.73. The average Bonchev–Trinajstić information content (AvgIpc) is 2.84. The van der Waals surface area contributed by atoms with E-state index in [4.69, 9.17) is 0 Å². The van der Waals surface area contributed by atoms with E-state index < -0.39 is 0 Å². The molecule has 21 heavy (non-hydrogen) atoms. The van der Waals surface area contributed by atoms with Gasteiger partial charge in [-0.3, -0.25) is 4.90 Å². The van der Waals surface area contributed by atoms with Gasteiger partial charge in [-0.25, -0.2) is 4.98 Å². The number of nitrogens with zero attached hydrogens (tertiary/aromatic N) is 2. The Kier molecular flexibility index (Phi) is 4.67. The van der Waals surface area contributed by atoms with E-state index in [1.807, 2.05) is 0 Å². The van der Waals surface area contributed by atoms with Gasteiger partial charge < -0.3 is 5.32 Å². The molecule has 1 saturated carbocycles. The molecule has 1 aliphatic heterocycles. The number of aryl methyl sites for hydroxylation is 1. The summed E-state index contributed by atoms with van der Waals surface area (Å²) in [5, 5.41) is 7.19. The van der Waals surface area contributed by atoms with Gasteiger partial charge in [0, 0.05) is 36.6 Å². The van der Waals surface area contributed by atoms with Crippen LogP contribution in [0.1, 0.15) is 56.7 Å². The maximum Gasteiger partial charge on any atom is 0.0897 e. The van der Waals surface area contributed by atoms with Crippen molar-refractivity contribution in [1.29, 1.82) is 0 Å². The first-order valence-corrected chi connectivity index (χ1v) is 9.31. The second-order valence-electron chi connectivity index (χ2n) is 7.49. The Bertz CT molecular complexity index is 462. The van der Waals surface area contributed by atoms with Gasteiger partial charge in [0.15, 0.2) is 0 Å². The fraction of sp³-hybridized carbons (Fsp3) is 0.824. The van der Waals surface area contributed by atoms with Crippen LogP contribution in [0.15, 0.2) is 5.38 Å². The van der Waals surface area contributed by atoms with Crippen LogP contribution in [0.3, 0.4) is 0 Å². The van der Waals surface area contributed by atoms with E-state index in [0.29, 0.717) is 6.04 Å². The molecule has 2 aliphatic rings. The third-order valence-corrected chi connectivity index (χ3v) is 5.91. The minimum Gasteiger partial charge on any atom is -0.309 e. The van der Waals surface area contributed by atoms with Gasteiger partial charge in [0.1, 0.15) is 0 Å². The van der Waals surface area contributed by atoms with Gasteiger partial charge in [0.05, 0.1) is 10.7 Å². The molecule has 2 heterocycles. The van der Waals surface area contributed by atoms with Crippen molar-refractivity contribution in [2.75, 3.05) is 13.1 Å². The first-order chi connectivity index (χ1) is 10.0. The summed E-state index contributed by atoms with van der Waals surface area (Å²) in [6.45, 7) is 10.0. The molecule has 1 aromatic rings. The van der Waals surface area contributed by atoms with Crippen molar-refractivity contribution in [3.05, 3.63) is 16.1 Å².